The lowest BCUT2D eigenvalue weighted by molar-refractivity contribution is 1.54. The summed E-state index contributed by atoms with van der Waals surface area (Å²) >= 11 is 6.05. The molecule has 0 fully saturated rings. The first-order chi connectivity index (χ1) is 9.81. The van der Waals surface area contributed by atoms with Gasteiger partial charge in [0.25, 0.3) is 0 Å². The highest BCUT2D eigenvalue weighted by Gasteiger charge is 2.06. The zero-order valence-electron chi connectivity index (χ0n) is 10.7. The van der Waals surface area contributed by atoms with E-state index in [9.17, 15) is 0 Å². The van der Waals surface area contributed by atoms with Crippen molar-refractivity contribution in [3.05, 3.63) is 71.8 Å². The molecule has 20 heavy (non-hydrogen) atoms. The number of H-pyrrole nitrogens is 1. The van der Waals surface area contributed by atoms with E-state index in [0.717, 1.165) is 16.1 Å². The Balaban J connectivity index is 1.98. The number of fused-ring (bicyclic) bond motifs is 3. The van der Waals surface area contributed by atoms with E-state index in [4.69, 9.17) is 11.6 Å². The summed E-state index contributed by atoms with van der Waals surface area (Å²) in [5.74, 6) is 0. The van der Waals surface area contributed by atoms with E-state index < -0.39 is 0 Å². The predicted molar refractivity (Wildman–Crippen MR) is 86.3 cm³/mol. The number of rotatable bonds is 1. The minimum atomic E-state index is 0.757. The zero-order valence-corrected chi connectivity index (χ0v) is 11.5. The molecule has 1 N–H and O–H groups in total. The molecule has 0 aliphatic heterocycles. The van der Waals surface area contributed by atoms with Gasteiger partial charge in [0.2, 0.25) is 0 Å². The summed E-state index contributed by atoms with van der Waals surface area (Å²) in [6, 6.07) is 22.9. The van der Waals surface area contributed by atoms with Gasteiger partial charge >= 0.3 is 0 Å². The number of nitrogens with one attached hydrogen (secondary N) is 1. The molecular weight excluding hydrogens is 266 g/mol. The maximum absolute atomic E-state index is 6.05. The number of benzene rings is 3. The molecule has 0 spiro atoms. The molecule has 0 saturated heterocycles. The van der Waals surface area contributed by atoms with Crippen LogP contribution in [0.2, 0.25) is 5.02 Å². The fourth-order valence-corrected chi connectivity index (χ4v) is 2.86. The van der Waals surface area contributed by atoms with Gasteiger partial charge in [-0.3, -0.25) is 0 Å². The average molecular weight is 278 g/mol. The molecule has 0 radical (unpaired) electrons. The van der Waals surface area contributed by atoms with Crippen LogP contribution >= 0.6 is 11.6 Å². The number of halogens is 1. The first-order valence-corrected chi connectivity index (χ1v) is 6.95. The standard InChI is InChI=1S/C18H12ClN/c19-14-7-9-16-15-8-6-13(12-4-2-1-3-5-12)10-17(15)20-18(16)11-14/h1-11,20H. The van der Waals surface area contributed by atoms with Gasteiger partial charge in [0.1, 0.15) is 0 Å². The molecule has 0 amide bonds. The summed E-state index contributed by atoms with van der Waals surface area (Å²) in [7, 11) is 0. The summed E-state index contributed by atoms with van der Waals surface area (Å²) in [6.07, 6.45) is 0. The van der Waals surface area contributed by atoms with Crippen LogP contribution < -0.4 is 0 Å². The monoisotopic (exact) mass is 277 g/mol. The normalized spacial score (nSPS) is 11.2. The lowest BCUT2D eigenvalue weighted by Crippen LogP contribution is -1.76. The molecule has 3 aromatic carbocycles. The molecule has 0 unspecified atom stereocenters. The summed E-state index contributed by atoms with van der Waals surface area (Å²) in [6.45, 7) is 0. The second-order valence-corrected chi connectivity index (χ2v) is 5.38. The molecule has 1 aromatic heterocycles. The summed E-state index contributed by atoms with van der Waals surface area (Å²) in [5, 5.41) is 3.20. The van der Waals surface area contributed by atoms with Crippen LogP contribution in [0.3, 0.4) is 0 Å². The van der Waals surface area contributed by atoms with E-state index in [0.29, 0.717) is 0 Å². The molecule has 0 bridgehead atoms. The maximum atomic E-state index is 6.05. The largest absolute Gasteiger partial charge is 0.354 e. The molecule has 0 aliphatic rings. The second kappa shape index (κ2) is 4.39. The summed E-state index contributed by atoms with van der Waals surface area (Å²) < 4.78 is 0. The van der Waals surface area contributed by atoms with E-state index in [2.05, 4.69) is 53.5 Å². The maximum Gasteiger partial charge on any atom is 0.0479 e. The van der Waals surface area contributed by atoms with Crippen molar-refractivity contribution in [2.45, 2.75) is 0 Å². The van der Waals surface area contributed by atoms with E-state index in [-0.39, 0.29) is 0 Å². The van der Waals surface area contributed by atoms with E-state index in [1.165, 1.54) is 21.9 Å². The van der Waals surface area contributed by atoms with Gasteiger partial charge in [-0.25, -0.2) is 0 Å². The van der Waals surface area contributed by atoms with Crippen LogP contribution in [0.5, 0.6) is 0 Å². The lowest BCUT2D eigenvalue weighted by Gasteiger charge is -2.01. The van der Waals surface area contributed by atoms with Crippen molar-refractivity contribution >= 4 is 33.4 Å². The molecule has 96 valence electrons. The predicted octanol–water partition coefficient (Wildman–Crippen LogP) is 5.64. The number of hydrogen-bond donors (Lipinski definition) is 1. The van der Waals surface area contributed by atoms with Crippen molar-refractivity contribution in [1.82, 2.24) is 4.98 Å². The third-order valence-corrected chi connectivity index (χ3v) is 3.90. The molecule has 2 heteroatoms. The van der Waals surface area contributed by atoms with Crippen LogP contribution in [-0.4, -0.2) is 4.98 Å². The van der Waals surface area contributed by atoms with Gasteiger partial charge in [-0.2, -0.15) is 0 Å². The first-order valence-electron chi connectivity index (χ1n) is 6.58. The van der Waals surface area contributed by atoms with Crippen LogP contribution in [0.1, 0.15) is 0 Å². The van der Waals surface area contributed by atoms with E-state index in [1.807, 2.05) is 18.2 Å². The van der Waals surface area contributed by atoms with E-state index >= 15 is 0 Å². The van der Waals surface area contributed by atoms with E-state index in [1.54, 1.807) is 0 Å². The lowest BCUT2D eigenvalue weighted by atomic mass is 10.0. The highest BCUT2D eigenvalue weighted by atomic mass is 35.5. The van der Waals surface area contributed by atoms with Gasteiger partial charge in [-0.05, 0) is 29.3 Å². The van der Waals surface area contributed by atoms with Crippen LogP contribution in [0.15, 0.2) is 66.7 Å². The molecule has 4 rings (SSSR count). The van der Waals surface area contributed by atoms with Crippen LogP contribution in [-0.2, 0) is 0 Å². The highest BCUT2D eigenvalue weighted by molar-refractivity contribution is 6.31. The third kappa shape index (κ3) is 1.79. The molecule has 1 nitrogen and oxygen atoms in total. The Morgan fingerprint density at radius 3 is 2.15 bits per heavy atom. The average Bonchev–Trinajstić information content (AvgIpc) is 2.84. The second-order valence-electron chi connectivity index (χ2n) is 4.94. The SMILES string of the molecule is Clc1ccc2c(c1)[nH]c1cc(-c3ccccc3)ccc12. The number of aromatic nitrogens is 1. The summed E-state index contributed by atoms with van der Waals surface area (Å²) in [4.78, 5) is 3.44. The quantitative estimate of drug-likeness (QED) is 0.463. The Morgan fingerprint density at radius 1 is 0.650 bits per heavy atom. The Morgan fingerprint density at radius 2 is 1.35 bits per heavy atom. The van der Waals surface area contributed by atoms with Crippen LogP contribution in [0.25, 0.3) is 32.9 Å². The Hall–Kier alpha value is -2.25. The van der Waals surface area contributed by atoms with Crippen molar-refractivity contribution in [2.75, 3.05) is 0 Å². The molecule has 4 aromatic rings. The Bertz CT molecular complexity index is 907. The zero-order chi connectivity index (χ0) is 13.5. The third-order valence-electron chi connectivity index (χ3n) is 3.67. The van der Waals surface area contributed by atoms with Gasteiger partial charge in [-0.1, -0.05) is 60.1 Å². The molecule has 1 heterocycles. The van der Waals surface area contributed by atoms with Crippen LogP contribution in [0.4, 0.5) is 0 Å². The van der Waals surface area contributed by atoms with Crippen LogP contribution in [0, 0.1) is 0 Å². The van der Waals surface area contributed by atoms with Crippen molar-refractivity contribution in [1.29, 1.82) is 0 Å². The van der Waals surface area contributed by atoms with Gasteiger partial charge in [-0.15, -0.1) is 0 Å². The van der Waals surface area contributed by atoms with Gasteiger partial charge in [0.15, 0.2) is 0 Å². The Labute approximate surface area is 121 Å². The first kappa shape index (κ1) is 11.6. The van der Waals surface area contributed by atoms with Crippen molar-refractivity contribution < 1.29 is 0 Å². The molecule has 0 saturated carbocycles. The highest BCUT2D eigenvalue weighted by Crippen LogP contribution is 2.30. The fraction of sp³-hybridized carbons (Fsp3) is 0. The molecule has 0 atom stereocenters. The number of hydrogen-bond acceptors (Lipinski definition) is 0. The number of aromatic amines is 1. The van der Waals surface area contributed by atoms with Gasteiger partial charge in [0, 0.05) is 26.8 Å². The van der Waals surface area contributed by atoms with Gasteiger partial charge < -0.3 is 4.98 Å². The van der Waals surface area contributed by atoms with Crippen molar-refractivity contribution in [3.63, 3.8) is 0 Å². The fourth-order valence-electron chi connectivity index (χ4n) is 2.69. The topological polar surface area (TPSA) is 15.8 Å². The van der Waals surface area contributed by atoms with Crippen molar-refractivity contribution in [3.8, 4) is 11.1 Å². The summed E-state index contributed by atoms with van der Waals surface area (Å²) in [5.41, 5.74) is 4.67. The van der Waals surface area contributed by atoms with Gasteiger partial charge in [0.05, 0.1) is 0 Å². The minimum Gasteiger partial charge on any atom is -0.354 e. The minimum absolute atomic E-state index is 0.757. The molecule has 0 aliphatic carbocycles. The Kier molecular flexibility index (Phi) is 2.54. The molecular formula is C18H12ClN. The smallest absolute Gasteiger partial charge is 0.0479 e. The van der Waals surface area contributed by atoms with Crippen molar-refractivity contribution in [2.24, 2.45) is 0 Å².